The van der Waals surface area contributed by atoms with E-state index in [1.807, 2.05) is 31.2 Å². The molecule has 2 N–H and O–H groups in total. The van der Waals surface area contributed by atoms with Crippen LogP contribution < -0.4 is 5.32 Å². The van der Waals surface area contributed by atoms with E-state index in [1.54, 1.807) is 35.0 Å². The monoisotopic (exact) mass is 351 g/mol. The standard InChI is InChI=1S/C18H14ClN5O/c1-11-10-16(22-17(25)12-6-8-13(19)9-7-12)24(23-11)18-20-14-4-2-3-5-15(14)21-18/h2-10H,1H3,(H,20,21)(H,22,25). The van der Waals surface area contributed by atoms with Crippen LogP contribution in [-0.2, 0) is 0 Å². The summed E-state index contributed by atoms with van der Waals surface area (Å²) in [6.45, 7) is 1.86. The summed E-state index contributed by atoms with van der Waals surface area (Å²) in [4.78, 5) is 20.2. The number of H-pyrrole nitrogens is 1. The zero-order chi connectivity index (χ0) is 17.4. The Morgan fingerprint density at radius 2 is 1.92 bits per heavy atom. The number of fused-ring (bicyclic) bond motifs is 1. The lowest BCUT2D eigenvalue weighted by molar-refractivity contribution is 0.102. The van der Waals surface area contributed by atoms with Gasteiger partial charge in [0.2, 0.25) is 5.95 Å². The Kier molecular flexibility index (Phi) is 3.74. The third-order valence-corrected chi connectivity index (χ3v) is 4.01. The van der Waals surface area contributed by atoms with E-state index in [0.29, 0.717) is 22.4 Å². The van der Waals surface area contributed by atoms with Crippen LogP contribution in [0.4, 0.5) is 5.82 Å². The lowest BCUT2D eigenvalue weighted by atomic mass is 10.2. The molecule has 2 heterocycles. The van der Waals surface area contributed by atoms with E-state index in [1.165, 1.54) is 0 Å². The molecule has 2 aromatic heterocycles. The maximum Gasteiger partial charge on any atom is 0.256 e. The van der Waals surface area contributed by atoms with Crippen molar-refractivity contribution in [1.82, 2.24) is 19.7 Å². The molecule has 0 aliphatic rings. The predicted molar refractivity (Wildman–Crippen MR) is 97.4 cm³/mol. The minimum absolute atomic E-state index is 0.242. The van der Waals surface area contributed by atoms with Gasteiger partial charge >= 0.3 is 0 Å². The molecule has 0 aliphatic carbocycles. The van der Waals surface area contributed by atoms with Crippen LogP contribution in [0.2, 0.25) is 5.02 Å². The number of imidazole rings is 1. The SMILES string of the molecule is Cc1cc(NC(=O)c2ccc(Cl)cc2)n(-c2nc3ccccc3[nH]2)n1. The normalized spacial score (nSPS) is 11.0. The van der Waals surface area contributed by atoms with Gasteiger partial charge in [0.15, 0.2) is 0 Å². The number of amides is 1. The van der Waals surface area contributed by atoms with Crippen molar-refractivity contribution in [3.05, 3.63) is 70.9 Å². The van der Waals surface area contributed by atoms with Gasteiger partial charge in [0.25, 0.3) is 5.91 Å². The second kappa shape index (κ2) is 6.07. The van der Waals surface area contributed by atoms with Crippen molar-refractivity contribution in [3.8, 4) is 5.95 Å². The summed E-state index contributed by atoms with van der Waals surface area (Å²) in [5.41, 5.74) is 3.02. The molecule has 0 radical (unpaired) electrons. The lowest BCUT2D eigenvalue weighted by Gasteiger charge is -2.06. The number of para-hydroxylation sites is 2. The quantitative estimate of drug-likeness (QED) is 0.586. The zero-order valence-electron chi connectivity index (χ0n) is 13.3. The number of carbonyl (C=O) groups excluding carboxylic acids is 1. The van der Waals surface area contributed by atoms with Crippen LogP contribution >= 0.6 is 11.6 Å². The summed E-state index contributed by atoms with van der Waals surface area (Å²) in [7, 11) is 0. The number of aryl methyl sites for hydroxylation is 1. The first kappa shape index (κ1) is 15.4. The number of nitrogens with one attached hydrogen (secondary N) is 2. The van der Waals surface area contributed by atoms with Gasteiger partial charge in [-0.3, -0.25) is 4.79 Å². The fraction of sp³-hybridized carbons (Fsp3) is 0.0556. The largest absolute Gasteiger partial charge is 0.322 e. The zero-order valence-corrected chi connectivity index (χ0v) is 14.1. The first-order valence-corrected chi connectivity index (χ1v) is 8.07. The lowest BCUT2D eigenvalue weighted by Crippen LogP contribution is -2.15. The second-order valence-electron chi connectivity index (χ2n) is 5.62. The van der Waals surface area contributed by atoms with Crippen LogP contribution in [-0.4, -0.2) is 25.7 Å². The minimum Gasteiger partial charge on any atom is -0.322 e. The minimum atomic E-state index is -0.242. The second-order valence-corrected chi connectivity index (χ2v) is 6.06. The molecule has 0 spiro atoms. The van der Waals surface area contributed by atoms with E-state index in [4.69, 9.17) is 11.6 Å². The molecule has 0 unspecified atom stereocenters. The molecule has 0 saturated carbocycles. The Hall–Kier alpha value is -3.12. The molecule has 6 nitrogen and oxygen atoms in total. The van der Waals surface area contributed by atoms with E-state index in [-0.39, 0.29) is 5.91 Å². The van der Waals surface area contributed by atoms with Gasteiger partial charge in [0.05, 0.1) is 16.7 Å². The van der Waals surface area contributed by atoms with Gasteiger partial charge in [-0.15, -0.1) is 0 Å². The Bertz CT molecular complexity index is 1030. The van der Waals surface area contributed by atoms with Gasteiger partial charge in [-0.2, -0.15) is 9.78 Å². The number of aromatic nitrogens is 4. The van der Waals surface area contributed by atoms with Crippen molar-refractivity contribution in [2.45, 2.75) is 6.92 Å². The molecule has 4 aromatic rings. The highest BCUT2D eigenvalue weighted by molar-refractivity contribution is 6.30. The van der Waals surface area contributed by atoms with Gasteiger partial charge < -0.3 is 10.3 Å². The molecule has 25 heavy (non-hydrogen) atoms. The molecule has 4 rings (SSSR count). The van der Waals surface area contributed by atoms with Gasteiger partial charge in [-0.1, -0.05) is 23.7 Å². The van der Waals surface area contributed by atoms with Crippen molar-refractivity contribution in [2.24, 2.45) is 0 Å². The van der Waals surface area contributed by atoms with Gasteiger partial charge in [-0.05, 0) is 43.3 Å². The van der Waals surface area contributed by atoms with Crippen molar-refractivity contribution in [3.63, 3.8) is 0 Å². The molecule has 2 aromatic carbocycles. The van der Waals surface area contributed by atoms with Gasteiger partial charge in [0, 0.05) is 16.7 Å². The molecule has 7 heteroatoms. The molecule has 0 saturated heterocycles. The third-order valence-electron chi connectivity index (χ3n) is 3.76. The van der Waals surface area contributed by atoms with Crippen molar-refractivity contribution in [2.75, 3.05) is 5.32 Å². The number of anilines is 1. The molecule has 124 valence electrons. The number of hydrogen-bond acceptors (Lipinski definition) is 3. The summed E-state index contributed by atoms with van der Waals surface area (Å²) in [5, 5.41) is 7.88. The molecule has 0 bridgehead atoms. The Balaban J connectivity index is 1.69. The number of carbonyl (C=O) groups is 1. The maximum absolute atomic E-state index is 12.5. The Morgan fingerprint density at radius 1 is 1.16 bits per heavy atom. The maximum atomic E-state index is 12.5. The molecular weight excluding hydrogens is 338 g/mol. The fourth-order valence-corrected chi connectivity index (χ4v) is 2.71. The van der Waals surface area contributed by atoms with Gasteiger partial charge in [-0.25, -0.2) is 4.98 Å². The van der Waals surface area contributed by atoms with E-state index >= 15 is 0 Å². The van der Waals surface area contributed by atoms with Crippen molar-refractivity contribution >= 4 is 34.4 Å². The van der Waals surface area contributed by atoms with Gasteiger partial charge in [0.1, 0.15) is 5.82 Å². The molecule has 0 atom stereocenters. The average Bonchev–Trinajstić information content (AvgIpc) is 3.18. The molecule has 0 fully saturated rings. The average molecular weight is 352 g/mol. The van der Waals surface area contributed by atoms with Crippen LogP contribution in [0, 0.1) is 6.92 Å². The first-order chi connectivity index (χ1) is 12.1. The predicted octanol–water partition coefficient (Wildman–Crippen LogP) is 3.96. The fourth-order valence-electron chi connectivity index (χ4n) is 2.58. The van der Waals surface area contributed by atoms with Crippen molar-refractivity contribution < 1.29 is 4.79 Å². The highest BCUT2D eigenvalue weighted by Gasteiger charge is 2.15. The number of rotatable bonds is 3. The summed E-state index contributed by atoms with van der Waals surface area (Å²) >= 11 is 5.87. The Labute approximate surface area is 148 Å². The Morgan fingerprint density at radius 3 is 2.68 bits per heavy atom. The first-order valence-electron chi connectivity index (χ1n) is 7.69. The number of nitrogens with zero attached hydrogens (tertiary/aromatic N) is 3. The van der Waals surface area contributed by atoms with E-state index in [9.17, 15) is 4.79 Å². The summed E-state index contributed by atoms with van der Waals surface area (Å²) in [6, 6.07) is 16.2. The van der Waals surface area contributed by atoms with Crippen LogP contribution in [0.15, 0.2) is 54.6 Å². The highest BCUT2D eigenvalue weighted by atomic mass is 35.5. The summed E-state index contributed by atoms with van der Waals surface area (Å²) < 4.78 is 1.59. The molecule has 1 amide bonds. The number of benzene rings is 2. The van der Waals surface area contributed by atoms with E-state index in [2.05, 4.69) is 20.4 Å². The third kappa shape index (κ3) is 2.99. The number of halogens is 1. The summed E-state index contributed by atoms with van der Waals surface area (Å²) in [5.74, 6) is 0.839. The summed E-state index contributed by atoms with van der Waals surface area (Å²) in [6.07, 6.45) is 0. The molecule has 0 aliphatic heterocycles. The van der Waals surface area contributed by atoms with Crippen LogP contribution in [0.1, 0.15) is 16.1 Å². The molecular formula is C18H14ClN5O. The van der Waals surface area contributed by atoms with Crippen LogP contribution in [0.3, 0.4) is 0 Å². The van der Waals surface area contributed by atoms with Crippen LogP contribution in [0.5, 0.6) is 0 Å². The number of hydrogen-bond donors (Lipinski definition) is 2. The smallest absolute Gasteiger partial charge is 0.256 e. The number of aromatic amines is 1. The van der Waals surface area contributed by atoms with Crippen LogP contribution in [0.25, 0.3) is 17.0 Å². The highest BCUT2D eigenvalue weighted by Crippen LogP contribution is 2.19. The van der Waals surface area contributed by atoms with Crippen molar-refractivity contribution in [1.29, 1.82) is 0 Å². The topological polar surface area (TPSA) is 75.6 Å². The van der Waals surface area contributed by atoms with E-state index < -0.39 is 0 Å². The van der Waals surface area contributed by atoms with E-state index in [0.717, 1.165) is 16.7 Å².